The van der Waals surface area contributed by atoms with Crippen LogP contribution in [0, 0.1) is 0 Å². The minimum atomic E-state index is 0. The van der Waals surface area contributed by atoms with Gasteiger partial charge in [0.1, 0.15) is 4.60 Å². The van der Waals surface area contributed by atoms with E-state index in [0.717, 1.165) is 22.2 Å². The Morgan fingerprint density at radius 1 is 1.64 bits per heavy atom. The lowest BCUT2D eigenvalue weighted by atomic mass is 10.0. The lowest BCUT2D eigenvalue weighted by Gasteiger charge is -2.10. The van der Waals surface area contributed by atoms with Gasteiger partial charge >= 0.3 is 0 Å². The van der Waals surface area contributed by atoms with Gasteiger partial charge in [-0.15, -0.1) is 19.0 Å². The minimum absolute atomic E-state index is 0. The van der Waals surface area contributed by atoms with Gasteiger partial charge < -0.3 is 5.73 Å². The van der Waals surface area contributed by atoms with Crippen molar-refractivity contribution < 1.29 is 0 Å². The number of hydrogen-bond acceptors (Lipinski definition) is 2. The summed E-state index contributed by atoms with van der Waals surface area (Å²) >= 11 is 3.28. The molecule has 0 saturated carbocycles. The number of rotatable bonds is 3. The molecule has 2 N–H and O–H groups in total. The second-order valence-electron chi connectivity index (χ2n) is 3.18. The van der Waals surface area contributed by atoms with Crippen LogP contribution in [0.4, 0.5) is 0 Å². The molecule has 0 aliphatic rings. The van der Waals surface area contributed by atoms with Crippen molar-refractivity contribution in [3.05, 3.63) is 40.6 Å². The van der Waals surface area contributed by atoms with Crippen LogP contribution in [-0.2, 0) is 0 Å². The predicted octanol–water partition coefficient (Wildman–Crippen LogP) is 3.23. The lowest BCUT2D eigenvalue weighted by Crippen LogP contribution is -2.10. The molecule has 0 amide bonds. The van der Waals surface area contributed by atoms with Gasteiger partial charge in [-0.05, 0) is 40.9 Å². The summed E-state index contributed by atoms with van der Waals surface area (Å²) in [6.45, 7) is 5.81. The summed E-state index contributed by atoms with van der Waals surface area (Å²) < 4.78 is 0.832. The van der Waals surface area contributed by atoms with Crippen molar-refractivity contribution in [2.75, 3.05) is 0 Å². The molecule has 78 valence electrons. The zero-order chi connectivity index (χ0) is 9.84. The smallest absolute Gasteiger partial charge is 0.106 e. The monoisotopic (exact) mass is 276 g/mol. The van der Waals surface area contributed by atoms with Gasteiger partial charge in [0.25, 0.3) is 0 Å². The van der Waals surface area contributed by atoms with Crippen molar-refractivity contribution in [2.45, 2.75) is 19.4 Å². The zero-order valence-corrected chi connectivity index (χ0v) is 10.4. The number of nitrogens with two attached hydrogens (primary N) is 1. The average Bonchev–Trinajstić information content (AvgIpc) is 2.04. The summed E-state index contributed by atoms with van der Waals surface area (Å²) in [5.41, 5.74) is 8.07. The highest BCUT2D eigenvalue weighted by atomic mass is 79.9. The van der Waals surface area contributed by atoms with Gasteiger partial charge in [0, 0.05) is 12.2 Å². The Kier molecular flexibility index (Phi) is 6.00. The van der Waals surface area contributed by atoms with E-state index in [0.29, 0.717) is 0 Å². The summed E-state index contributed by atoms with van der Waals surface area (Å²) in [5.74, 6) is 0. The number of aromatic nitrogens is 1. The maximum Gasteiger partial charge on any atom is 0.106 e. The van der Waals surface area contributed by atoms with E-state index in [-0.39, 0.29) is 18.4 Å². The zero-order valence-electron chi connectivity index (χ0n) is 8.03. The molecule has 0 radical (unpaired) electrons. The number of hydrogen-bond donors (Lipinski definition) is 1. The SMILES string of the molecule is C=C(C)C[C@@H](N)c1ccc(Br)nc1.Cl. The van der Waals surface area contributed by atoms with Gasteiger partial charge in [0.15, 0.2) is 0 Å². The van der Waals surface area contributed by atoms with Gasteiger partial charge in [-0.2, -0.15) is 0 Å². The van der Waals surface area contributed by atoms with Crippen molar-refractivity contribution >= 4 is 28.3 Å². The van der Waals surface area contributed by atoms with Crippen LogP contribution in [0.25, 0.3) is 0 Å². The first-order chi connectivity index (χ1) is 6.09. The summed E-state index contributed by atoms with van der Waals surface area (Å²) in [4.78, 5) is 4.11. The van der Waals surface area contributed by atoms with Crippen LogP contribution >= 0.6 is 28.3 Å². The third-order valence-electron chi connectivity index (χ3n) is 1.75. The first-order valence-electron chi connectivity index (χ1n) is 4.11. The molecule has 1 rings (SSSR count). The highest BCUT2D eigenvalue weighted by molar-refractivity contribution is 9.10. The Morgan fingerprint density at radius 2 is 2.29 bits per heavy atom. The van der Waals surface area contributed by atoms with E-state index in [1.54, 1.807) is 6.20 Å². The molecule has 0 aromatic carbocycles. The van der Waals surface area contributed by atoms with Crippen LogP contribution in [-0.4, -0.2) is 4.98 Å². The summed E-state index contributed by atoms with van der Waals surface area (Å²) in [6.07, 6.45) is 2.60. The van der Waals surface area contributed by atoms with Crippen molar-refractivity contribution in [3.8, 4) is 0 Å². The Hall–Kier alpha value is -0.380. The van der Waals surface area contributed by atoms with Gasteiger partial charge in [-0.1, -0.05) is 11.6 Å². The minimum Gasteiger partial charge on any atom is -0.324 e. The molecule has 4 heteroatoms. The van der Waals surface area contributed by atoms with E-state index in [1.807, 2.05) is 19.1 Å². The molecule has 0 saturated heterocycles. The molecule has 1 heterocycles. The maximum atomic E-state index is 5.93. The second-order valence-corrected chi connectivity index (χ2v) is 3.99. The Bertz CT molecular complexity index is 297. The molecule has 0 bridgehead atoms. The molecule has 2 nitrogen and oxygen atoms in total. The largest absolute Gasteiger partial charge is 0.324 e. The predicted molar refractivity (Wildman–Crippen MR) is 65.5 cm³/mol. The van der Waals surface area contributed by atoms with E-state index < -0.39 is 0 Å². The fourth-order valence-electron chi connectivity index (χ4n) is 1.10. The van der Waals surface area contributed by atoms with Crippen molar-refractivity contribution in [1.82, 2.24) is 4.98 Å². The van der Waals surface area contributed by atoms with Gasteiger partial charge in [-0.3, -0.25) is 0 Å². The highest BCUT2D eigenvalue weighted by Gasteiger charge is 2.05. The van der Waals surface area contributed by atoms with Crippen LogP contribution in [0.1, 0.15) is 24.9 Å². The van der Waals surface area contributed by atoms with E-state index in [9.17, 15) is 0 Å². The van der Waals surface area contributed by atoms with Gasteiger partial charge in [-0.25, -0.2) is 4.98 Å². The fraction of sp³-hybridized carbons (Fsp3) is 0.300. The molecule has 0 unspecified atom stereocenters. The Balaban J connectivity index is 0.00000169. The van der Waals surface area contributed by atoms with Crippen molar-refractivity contribution in [1.29, 1.82) is 0 Å². The first-order valence-corrected chi connectivity index (χ1v) is 4.90. The van der Waals surface area contributed by atoms with Crippen LogP contribution < -0.4 is 5.73 Å². The standard InChI is InChI=1S/C10H13BrN2.ClH/c1-7(2)5-9(12)8-3-4-10(11)13-6-8;/h3-4,6,9H,1,5,12H2,2H3;1H/t9-;/m1./s1. The number of nitrogens with zero attached hydrogens (tertiary/aromatic N) is 1. The van der Waals surface area contributed by atoms with E-state index in [2.05, 4.69) is 27.5 Å². The average molecular weight is 278 g/mol. The van der Waals surface area contributed by atoms with Crippen molar-refractivity contribution in [3.63, 3.8) is 0 Å². The maximum absolute atomic E-state index is 5.93. The number of pyridine rings is 1. The molecular formula is C10H14BrClN2. The molecule has 14 heavy (non-hydrogen) atoms. The quantitative estimate of drug-likeness (QED) is 0.680. The molecule has 1 aromatic rings. The Morgan fingerprint density at radius 3 is 2.71 bits per heavy atom. The normalized spacial score (nSPS) is 11.6. The summed E-state index contributed by atoms with van der Waals surface area (Å²) in [6, 6.07) is 3.89. The van der Waals surface area contributed by atoms with Crippen LogP contribution in [0.2, 0.25) is 0 Å². The number of halogens is 2. The third kappa shape index (κ3) is 4.22. The highest BCUT2D eigenvalue weighted by Crippen LogP contribution is 2.17. The summed E-state index contributed by atoms with van der Waals surface area (Å²) in [7, 11) is 0. The Labute approximate surface area is 99.1 Å². The second kappa shape index (κ2) is 6.17. The van der Waals surface area contributed by atoms with E-state index in [1.165, 1.54) is 0 Å². The van der Waals surface area contributed by atoms with Crippen LogP contribution in [0.3, 0.4) is 0 Å². The molecule has 0 fully saturated rings. The fourth-order valence-corrected chi connectivity index (χ4v) is 1.33. The van der Waals surface area contributed by atoms with Gasteiger partial charge in [0.05, 0.1) is 0 Å². The first kappa shape index (κ1) is 13.6. The van der Waals surface area contributed by atoms with E-state index in [4.69, 9.17) is 5.73 Å². The van der Waals surface area contributed by atoms with Crippen LogP contribution in [0.15, 0.2) is 35.1 Å². The molecule has 0 spiro atoms. The molecule has 0 aliphatic heterocycles. The molecule has 0 aliphatic carbocycles. The molecule has 1 aromatic heterocycles. The lowest BCUT2D eigenvalue weighted by molar-refractivity contribution is 0.713. The van der Waals surface area contributed by atoms with Gasteiger partial charge in [0.2, 0.25) is 0 Å². The topological polar surface area (TPSA) is 38.9 Å². The van der Waals surface area contributed by atoms with E-state index >= 15 is 0 Å². The van der Waals surface area contributed by atoms with Crippen molar-refractivity contribution in [2.24, 2.45) is 5.73 Å². The third-order valence-corrected chi connectivity index (χ3v) is 2.22. The van der Waals surface area contributed by atoms with Crippen LogP contribution in [0.5, 0.6) is 0 Å². The molecule has 1 atom stereocenters. The molecular weight excluding hydrogens is 263 g/mol. The summed E-state index contributed by atoms with van der Waals surface area (Å²) in [5, 5.41) is 0.